The van der Waals surface area contributed by atoms with E-state index < -0.39 is 0 Å². The van der Waals surface area contributed by atoms with Crippen LogP contribution in [0.5, 0.6) is 5.75 Å². The highest BCUT2D eigenvalue weighted by Crippen LogP contribution is 2.19. The van der Waals surface area contributed by atoms with Gasteiger partial charge in [-0.1, -0.05) is 17.7 Å². The van der Waals surface area contributed by atoms with E-state index in [0.717, 1.165) is 30.2 Å². The molecule has 0 fully saturated rings. The molecule has 0 spiro atoms. The van der Waals surface area contributed by atoms with E-state index in [4.69, 9.17) is 4.74 Å². The minimum absolute atomic E-state index is 0.696. The van der Waals surface area contributed by atoms with Gasteiger partial charge in [0.15, 0.2) is 5.96 Å². The normalized spacial score (nSPS) is 11.4. The third kappa shape index (κ3) is 5.02. The topological polar surface area (TPSA) is 63.5 Å². The number of ether oxygens (including phenoxy) is 1. The lowest BCUT2D eigenvalue weighted by Gasteiger charge is -2.13. The van der Waals surface area contributed by atoms with Crippen molar-refractivity contribution in [2.24, 2.45) is 12.0 Å². The van der Waals surface area contributed by atoms with Crippen molar-refractivity contribution < 1.29 is 4.74 Å². The van der Waals surface area contributed by atoms with E-state index in [0.29, 0.717) is 6.54 Å². The maximum absolute atomic E-state index is 5.41. The van der Waals surface area contributed by atoms with Gasteiger partial charge in [0.2, 0.25) is 0 Å². The fraction of sp³-hybridized carbons (Fsp3) is 0.412. The van der Waals surface area contributed by atoms with Gasteiger partial charge < -0.3 is 15.4 Å². The highest BCUT2D eigenvalue weighted by atomic mass is 16.5. The lowest BCUT2D eigenvalue weighted by Crippen LogP contribution is -2.37. The number of nitrogens with one attached hydrogen (secondary N) is 2. The molecule has 2 rings (SSSR count). The lowest BCUT2D eigenvalue weighted by molar-refractivity contribution is 0.409. The molecule has 0 saturated heterocycles. The average molecular weight is 315 g/mol. The summed E-state index contributed by atoms with van der Waals surface area (Å²) < 4.78 is 7.20. The molecule has 0 unspecified atom stereocenters. The predicted octanol–water partition coefficient (Wildman–Crippen LogP) is 1.64. The van der Waals surface area contributed by atoms with Gasteiger partial charge in [-0.25, -0.2) is 0 Å². The fourth-order valence-electron chi connectivity index (χ4n) is 2.39. The van der Waals surface area contributed by atoms with Gasteiger partial charge in [-0.05, 0) is 25.0 Å². The molecule has 6 heteroatoms. The highest BCUT2D eigenvalue weighted by molar-refractivity contribution is 5.79. The molecule has 124 valence electrons. The Labute approximate surface area is 137 Å². The molecule has 0 atom stereocenters. The third-order valence-electron chi connectivity index (χ3n) is 3.56. The predicted molar refractivity (Wildman–Crippen MR) is 92.8 cm³/mol. The Morgan fingerprint density at radius 1 is 1.35 bits per heavy atom. The number of hydrogen-bond acceptors (Lipinski definition) is 3. The molecule has 1 aromatic heterocycles. The summed E-state index contributed by atoms with van der Waals surface area (Å²) >= 11 is 0. The van der Waals surface area contributed by atoms with Crippen LogP contribution in [0.15, 0.2) is 35.6 Å². The van der Waals surface area contributed by atoms with Crippen LogP contribution in [-0.2, 0) is 20.0 Å². The van der Waals surface area contributed by atoms with Crippen molar-refractivity contribution in [2.75, 3.05) is 20.7 Å². The van der Waals surface area contributed by atoms with Crippen LogP contribution in [0.3, 0.4) is 0 Å². The number of benzene rings is 1. The summed E-state index contributed by atoms with van der Waals surface area (Å²) in [4.78, 5) is 4.24. The van der Waals surface area contributed by atoms with Crippen molar-refractivity contribution in [3.05, 3.63) is 47.3 Å². The van der Waals surface area contributed by atoms with Crippen molar-refractivity contribution >= 4 is 5.96 Å². The van der Waals surface area contributed by atoms with E-state index >= 15 is 0 Å². The molecule has 0 aliphatic heterocycles. The number of guanidine groups is 1. The van der Waals surface area contributed by atoms with E-state index in [1.165, 1.54) is 11.1 Å². The molecular formula is C17H25N5O. The zero-order valence-corrected chi connectivity index (χ0v) is 14.3. The SMILES string of the molecule is CN=C(NCCc1cc(C)ccc1OC)NCc1cnn(C)c1. The highest BCUT2D eigenvalue weighted by Gasteiger charge is 2.04. The number of aliphatic imine (C=N–C) groups is 1. The molecule has 23 heavy (non-hydrogen) atoms. The first-order valence-corrected chi connectivity index (χ1v) is 7.68. The summed E-state index contributed by atoms with van der Waals surface area (Å²) in [6.07, 6.45) is 4.70. The van der Waals surface area contributed by atoms with Gasteiger partial charge in [-0.15, -0.1) is 0 Å². The summed E-state index contributed by atoms with van der Waals surface area (Å²) in [6, 6.07) is 6.23. The van der Waals surface area contributed by atoms with Crippen LogP contribution in [0.4, 0.5) is 0 Å². The maximum Gasteiger partial charge on any atom is 0.191 e. The van der Waals surface area contributed by atoms with E-state index in [1.54, 1.807) is 18.8 Å². The largest absolute Gasteiger partial charge is 0.496 e. The quantitative estimate of drug-likeness (QED) is 0.628. The molecule has 2 N–H and O–H groups in total. The molecule has 0 saturated carbocycles. The summed E-state index contributed by atoms with van der Waals surface area (Å²) in [5.74, 6) is 1.70. The number of aryl methyl sites for hydroxylation is 2. The molecule has 2 aromatic rings. The van der Waals surface area contributed by atoms with E-state index in [2.05, 4.69) is 39.8 Å². The zero-order valence-electron chi connectivity index (χ0n) is 14.3. The zero-order chi connectivity index (χ0) is 16.7. The van der Waals surface area contributed by atoms with Gasteiger partial charge in [0, 0.05) is 38.9 Å². The summed E-state index contributed by atoms with van der Waals surface area (Å²) in [7, 11) is 5.38. The average Bonchev–Trinajstić information content (AvgIpc) is 2.96. The van der Waals surface area contributed by atoms with E-state index in [-0.39, 0.29) is 0 Å². The second-order valence-electron chi connectivity index (χ2n) is 5.44. The fourth-order valence-corrected chi connectivity index (χ4v) is 2.39. The monoisotopic (exact) mass is 315 g/mol. The summed E-state index contributed by atoms with van der Waals surface area (Å²) in [5.41, 5.74) is 3.55. The molecule has 0 radical (unpaired) electrons. The molecule has 0 aliphatic carbocycles. The van der Waals surface area contributed by atoms with Crippen LogP contribution in [0.25, 0.3) is 0 Å². The van der Waals surface area contributed by atoms with Gasteiger partial charge in [-0.3, -0.25) is 9.67 Å². The van der Waals surface area contributed by atoms with Gasteiger partial charge in [0.1, 0.15) is 5.75 Å². The van der Waals surface area contributed by atoms with Crippen LogP contribution in [0, 0.1) is 6.92 Å². The molecule has 6 nitrogen and oxygen atoms in total. The van der Waals surface area contributed by atoms with Crippen molar-refractivity contribution in [3.8, 4) is 5.75 Å². The first-order valence-electron chi connectivity index (χ1n) is 7.68. The van der Waals surface area contributed by atoms with Crippen LogP contribution in [0.2, 0.25) is 0 Å². The summed E-state index contributed by atoms with van der Waals surface area (Å²) in [5, 5.41) is 10.8. The molecule has 0 amide bonds. The lowest BCUT2D eigenvalue weighted by atomic mass is 10.1. The Hall–Kier alpha value is -2.50. The Kier molecular flexibility index (Phi) is 6.02. The molecular weight excluding hydrogens is 290 g/mol. The Morgan fingerprint density at radius 3 is 2.83 bits per heavy atom. The van der Waals surface area contributed by atoms with Crippen LogP contribution < -0.4 is 15.4 Å². The maximum atomic E-state index is 5.41. The molecule has 1 aromatic carbocycles. The summed E-state index contributed by atoms with van der Waals surface area (Å²) in [6.45, 7) is 3.57. The van der Waals surface area contributed by atoms with Crippen molar-refractivity contribution in [3.63, 3.8) is 0 Å². The van der Waals surface area contributed by atoms with Crippen molar-refractivity contribution in [1.82, 2.24) is 20.4 Å². The molecule has 1 heterocycles. The first kappa shape index (κ1) is 16.9. The number of methoxy groups -OCH3 is 1. The van der Waals surface area contributed by atoms with Crippen LogP contribution in [-0.4, -0.2) is 36.4 Å². The standard InChI is InChI=1S/C17H25N5O/c1-13-5-6-16(23-4)15(9-13)7-8-19-17(18-2)20-10-14-11-21-22(3)12-14/h5-6,9,11-12H,7-8,10H2,1-4H3,(H2,18,19,20). The number of rotatable bonds is 6. The Balaban J connectivity index is 1.83. The van der Waals surface area contributed by atoms with E-state index in [9.17, 15) is 0 Å². The van der Waals surface area contributed by atoms with Crippen molar-refractivity contribution in [1.29, 1.82) is 0 Å². The van der Waals surface area contributed by atoms with Gasteiger partial charge in [-0.2, -0.15) is 5.10 Å². The number of hydrogen-bond donors (Lipinski definition) is 2. The van der Waals surface area contributed by atoms with E-state index in [1.807, 2.05) is 25.5 Å². The Bertz CT molecular complexity index is 663. The van der Waals surface area contributed by atoms with Gasteiger partial charge >= 0.3 is 0 Å². The number of aromatic nitrogens is 2. The Morgan fingerprint density at radius 2 is 2.17 bits per heavy atom. The second kappa shape index (κ2) is 8.22. The minimum atomic E-state index is 0.696. The number of nitrogens with zero attached hydrogens (tertiary/aromatic N) is 3. The first-order chi connectivity index (χ1) is 11.1. The van der Waals surface area contributed by atoms with Crippen LogP contribution in [0.1, 0.15) is 16.7 Å². The smallest absolute Gasteiger partial charge is 0.191 e. The second-order valence-corrected chi connectivity index (χ2v) is 5.44. The van der Waals surface area contributed by atoms with Gasteiger partial charge in [0.25, 0.3) is 0 Å². The van der Waals surface area contributed by atoms with Crippen molar-refractivity contribution in [2.45, 2.75) is 19.9 Å². The van der Waals surface area contributed by atoms with Crippen LogP contribution >= 0.6 is 0 Å². The minimum Gasteiger partial charge on any atom is -0.496 e. The third-order valence-corrected chi connectivity index (χ3v) is 3.56. The molecule has 0 aliphatic rings. The van der Waals surface area contributed by atoms with Gasteiger partial charge in [0.05, 0.1) is 13.3 Å². The molecule has 0 bridgehead atoms.